The summed E-state index contributed by atoms with van der Waals surface area (Å²) >= 11 is 6.61. The predicted molar refractivity (Wildman–Crippen MR) is 118 cm³/mol. The fourth-order valence-corrected chi connectivity index (χ4v) is 6.65. The molecule has 0 unspecified atom stereocenters. The molecule has 5 nitrogen and oxygen atoms in total. The van der Waals surface area contributed by atoms with Crippen molar-refractivity contribution >= 4 is 23.4 Å². The molecular formula is C24H32ClN3O2. The Bertz CT molecular complexity index is 816. The summed E-state index contributed by atoms with van der Waals surface area (Å²) in [6.45, 7) is 3.95. The molecule has 0 radical (unpaired) electrons. The van der Waals surface area contributed by atoms with Crippen LogP contribution in [0, 0.1) is 0 Å². The Kier molecular flexibility index (Phi) is 5.53. The zero-order valence-electron chi connectivity index (χ0n) is 17.7. The molecule has 0 spiro atoms. The van der Waals surface area contributed by atoms with Crippen LogP contribution in [0.4, 0.5) is 0 Å². The Labute approximate surface area is 184 Å². The minimum absolute atomic E-state index is 0.168. The third kappa shape index (κ3) is 3.44. The first-order chi connectivity index (χ1) is 14.6. The van der Waals surface area contributed by atoms with Gasteiger partial charge in [0.1, 0.15) is 0 Å². The number of hydrogen-bond acceptors (Lipinski definition) is 3. The number of nitrogens with zero attached hydrogens (tertiary/aromatic N) is 3. The van der Waals surface area contributed by atoms with Crippen molar-refractivity contribution in [2.24, 2.45) is 0 Å². The van der Waals surface area contributed by atoms with Crippen molar-refractivity contribution in [1.82, 2.24) is 14.7 Å². The van der Waals surface area contributed by atoms with Crippen LogP contribution in [-0.2, 0) is 15.0 Å². The number of piperazine rings is 1. The van der Waals surface area contributed by atoms with Crippen molar-refractivity contribution in [3.8, 4) is 0 Å². The second-order valence-corrected chi connectivity index (χ2v) is 10.0. The standard InChI is InChI=1S/C24H32ClN3O2/c25-21-9-5-4-8-20(21)24(16-19-10-11-22(29)28(19)17-24)23(30)27-14-12-26(13-15-27)18-6-2-1-3-7-18/h4-5,8-9,18-19H,1-3,6-7,10-17H2/t19-,24-/m0/s1. The molecule has 30 heavy (non-hydrogen) atoms. The van der Waals surface area contributed by atoms with Gasteiger partial charge in [-0.05, 0) is 37.3 Å². The van der Waals surface area contributed by atoms with Gasteiger partial charge in [-0.25, -0.2) is 0 Å². The van der Waals surface area contributed by atoms with Crippen LogP contribution < -0.4 is 0 Å². The summed E-state index contributed by atoms with van der Waals surface area (Å²) in [5.41, 5.74) is 0.195. The van der Waals surface area contributed by atoms with E-state index < -0.39 is 5.41 Å². The van der Waals surface area contributed by atoms with Gasteiger partial charge in [-0.2, -0.15) is 0 Å². The molecular weight excluding hydrogens is 398 g/mol. The second-order valence-electron chi connectivity index (χ2n) is 9.60. The lowest BCUT2D eigenvalue weighted by Crippen LogP contribution is -2.57. The van der Waals surface area contributed by atoms with E-state index >= 15 is 0 Å². The first kappa shape index (κ1) is 20.3. The number of carbonyl (C=O) groups excluding carboxylic acids is 2. The Morgan fingerprint density at radius 1 is 0.967 bits per heavy atom. The lowest BCUT2D eigenvalue weighted by atomic mass is 9.76. The Morgan fingerprint density at radius 2 is 1.70 bits per heavy atom. The summed E-state index contributed by atoms with van der Waals surface area (Å²) < 4.78 is 0. The molecule has 4 fully saturated rings. The monoisotopic (exact) mass is 429 g/mol. The highest BCUT2D eigenvalue weighted by atomic mass is 35.5. The zero-order chi connectivity index (χ0) is 20.7. The molecule has 1 saturated carbocycles. The van der Waals surface area contributed by atoms with Gasteiger partial charge in [-0.3, -0.25) is 14.5 Å². The molecule has 1 aliphatic carbocycles. The molecule has 5 rings (SSSR count). The fourth-order valence-electron chi connectivity index (χ4n) is 6.33. The minimum Gasteiger partial charge on any atom is -0.339 e. The van der Waals surface area contributed by atoms with Crippen LogP contribution >= 0.6 is 11.6 Å². The van der Waals surface area contributed by atoms with Crippen LogP contribution in [0.25, 0.3) is 0 Å². The highest BCUT2D eigenvalue weighted by Crippen LogP contribution is 2.46. The van der Waals surface area contributed by atoms with Crippen molar-refractivity contribution in [3.05, 3.63) is 34.9 Å². The van der Waals surface area contributed by atoms with E-state index in [2.05, 4.69) is 9.80 Å². The lowest BCUT2D eigenvalue weighted by Gasteiger charge is -2.43. The van der Waals surface area contributed by atoms with Gasteiger partial charge in [-0.15, -0.1) is 0 Å². The van der Waals surface area contributed by atoms with Crippen LogP contribution in [0.15, 0.2) is 24.3 Å². The molecule has 3 heterocycles. The average Bonchev–Trinajstić information content (AvgIpc) is 3.34. The van der Waals surface area contributed by atoms with Gasteiger partial charge in [0, 0.05) is 56.3 Å². The average molecular weight is 430 g/mol. The maximum absolute atomic E-state index is 14.0. The Balaban J connectivity index is 1.37. The molecule has 1 aromatic carbocycles. The number of rotatable bonds is 3. The van der Waals surface area contributed by atoms with Crippen molar-refractivity contribution < 1.29 is 9.59 Å². The van der Waals surface area contributed by atoms with Crippen molar-refractivity contribution in [3.63, 3.8) is 0 Å². The minimum atomic E-state index is -0.702. The number of fused-ring (bicyclic) bond motifs is 1. The Morgan fingerprint density at radius 3 is 2.40 bits per heavy atom. The largest absolute Gasteiger partial charge is 0.339 e. The van der Waals surface area contributed by atoms with Crippen LogP contribution in [-0.4, -0.2) is 71.3 Å². The topological polar surface area (TPSA) is 43.9 Å². The van der Waals surface area contributed by atoms with Gasteiger partial charge >= 0.3 is 0 Å². The second kappa shape index (κ2) is 8.16. The van der Waals surface area contributed by atoms with Crippen LogP contribution in [0.1, 0.15) is 56.9 Å². The molecule has 3 aliphatic heterocycles. The lowest BCUT2D eigenvalue weighted by molar-refractivity contribution is -0.139. The molecule has 6 heteroatoms. The van der Waals surface area contributed by atoms with Crippen LogP contribution in [0.5, 0.6) is 0 Å². The van der Waals surface area contributed by atoms with E-state index in [0.717, 1.165) is 38.2 Å². The fraction of sp³-hybridized carbons (Fsp3) is 0.667. The van der Waals surface area contributed by atoms with E-state index in [0.29, 0.717) is 30.5 Å². The van der Waals surface area contributed by atoms with Crippen molar-refractivity contribution in [1.29, 1.82) is 0 Å². The predicted octanol–water partition coefficient (Wildman–Crippen LogP) is 3.45. The number of benzene rings is 1. The SMILES string of the molecule is O=C1CC[C@H]2C[C@@](C(=O)N3CCN(C4CCCCC4)CC3)(c3ccccc3Cl)CN12. The normalized spacial score (nSPS) is 30.7. The molecule has 2 atom stereocenters. The number of carbonyl (C=O) groups is 2. The molecule has 3 saturated heterocycles. The smallest absolute Gasteiger partial charge is 0.235 e. The van der Waals surface area contributed by atoms with Crippen LogP contribution in [0.2, 0.25) is 5.02 Å². The number of amides is 2. The van der Waals surface area contributed by atoms with E-state index in [-0.39, 0.29) is 17.9 Å². The first-order valence-corrected chi connectivity index (χ1v) is 12.0. The summed E-state index contributed by atoms with van der Waals surface area (Å²) in [5, 5.41) is 0.639. The number of hydrogen-bond donors (Lipinski definition) is 0. The molecule has 0 N–H and O–H groups in total. The Hall–Kier alpha value is -1.59. The molecule has 0 bridgehead atoms. The third-order valence-corrected chi connectivity index (χ3v) is 8.30. The maximum atomic E-state index is 14.0. The summed E-state index contributed by atoms with van der Waals surface area (Å²) in [6, 6.07) is 8.60. The van der Waals surface area contributed by atoms with Crippen molar-refractivity contribution in [2.45, 2.75) is 68.9 Å². The van der Waals surface area contributed by atoms with E-state index in [1.165, 1.54) is 32.1 Å². The highest BCUT2D eigenvalue weighted by molar-refractivity contribution is 6.31. The summed E-state index contributed by atoms with van der Waals surface area (Å²) in [6.07, 6.45) is 8.81. The van der Waals surface area contributed by atoms with Gasteiger partial charge in [-0.1, -0.05) is 49.1 Å². The molecule has 2 amide bonds. The summed E-state index contributed by atoms with van der Waals surface area (Å²) in [7, 11) is 0. The highest BCUT2D eigenvalue weighted by Gasteiger charge is 2.55. The molecule has 162 valence electrons. The molecule has 1 aromatic rings. The maximum Gasteiger partial charge on any atom is 0.235 e. The zero-order valence-corrected chi connectivity index (χ0v) is 18.4. The van der Waals surface area contributed by atoms with Gasteiger partial charge < -0.3 is 9.80 Å². The van der Waals surface area contributed by atoms with E-state index in [1.807, 2.05) is 29.2 Å². The van der Waals surface area contributed by atoms with E-state index in [9.17, 15) is 9.59 Å². The van der Waals surface area contributed by atoms with Gasteiger partial charge in [0.2, 0.25) is 11.8 Å². The quantitative estimate of drug-likeness (QED) is 0.739. The van der Waals surface area contributed by atoms with E-state index in [4.69, 9.17) is 11.6 Å². The summed E-state index contributed by atoms with van der Waals surface area (Å²) in [5.74, 6) is 0.352. The van der Waals surface area contributed by atoms with Gasteiger partial charge in [0.25, 0.3) is 0 Å². The third-order valence-electron chi connectivity index (χ3n) is 7.97. The van der Waals surface area contributed by atoms with Crippen LogP contribution in [0.3, 0.4) is 0 Å². The molecule has 4 aliphatic rings. The van der Waals surface area contributed by atoms with Gasteiger partial charge in [0.15, 0.2) is 0 Å². The molecule has 0 aromatic heterocycles. The number of halogens is 1. The van der Waals surface area contributed by atoms with Gasteiger partial charge in [0.05, 0.1) is 5.41 Å². The first-order valence-electron chi connectivity index (χ1n) is 11.7. The summed E-state index contributed by atoms with van der Waals surface area (Å²) in [4.78, 5) is 33.0. The van der Waals surface area contributed by atoms with Crippen molar-refractivity contribution in [2.75, 3.05) is 32.7 Å². The van der Waals surface area contributed by atoms with E-state index in [1.54, 1.807) is 0 Å².